The van der Waals surface area contributed by atoms with Crippen LogP contribution in [0.1, 0.15) is 68.5 Å². The minimum absolute atomic E-state index is 0.0632. The molecule has 1 saturated carbocycles. The van der Waals surface area contributed by atoms with Gasteiger partial charge in [-0.15, -0.1) is 0 Å². The van der Waals surface area contributed by atoms with Crippen molar-refractivity contribution in [3.63, 3.8) is 0 Å². The first-order valence-corrected chi connectivity index (χ1v) is 13.1. The topological polar surface area (TPSA) is 53.1 Å². The monoisotopic (exact) mass is 585 g/mol. The number of piperidine rings is 1. The van der Waals surface area contributed by atoms with Gasteiger partial charge in [0.1, 0.15) is 5.60 Å². The Bertz CT molecular complexity index is 1280. The molecule has 0 N–H and O–H groups in total. The number of hydrogen-bond donors (Lipinski definition) is 0. The Kier molecular flexibility index (Phi) is 7.54. The molecule has 2 aromatic carbocycles. The van der Waals surface area contributed by atoms with Crippen molar-refractivity contribution in [3.8, 4) is 0 Å². The van der Waals surface area contributed by atoms with Gasteiger partial charge in [-0.2, -0.15) is 26.3 Å². The van der Waals surface area contributed by atoms with Crippen LogP contribution in [0.5, 0.6) is 0 Å². The Morgan fingerprint density at radius 2 is 1.49 bits per heavy atom. The third-order valence-electron chi connectivity index (χ3n) is 7.95. The number of carbonyl (C=O) groups excluding carboxylic acids is 2. The van der Waals surface area contributed by atoms with Gasteiger partial charge in [0.25, 0.3) is 0 Å². The molecule has 0 aromatic heterocycles. The predicted octanol–water partition coefficient (Wildman–Crippen LogP) is 7.52. The van der Waals surface area contributed by atoms with Crippen molar-refractivity contribution < 1.29 is 40.7 Å². The molecule has 2 aromatic rings. The lowest BCUT2D eigenvalue weighted by Crippen LogP contribution is -2.50. The molecule has 3 amide bonds. The summed E-state index contributed by atoms with van der Waals surface area (Å²) in [4.78, 5) is 31.2. The molecule has 224 valence electrons. The van der Waals surface area contributed by atoms with Crippen LogP contribution in [0.2, 0.25) is 0 Å². The molecular weight excluding hydrogens is 552 g/mol. The lowest BCUT2D eigenvalue weighted by atomic mass is 9.96. The van der Waals surface area contributed by atoms with Crippen molar-refractivity contribution in [2.45, 2.75) is 69.7 Å². The van der Waals surface area contributed by atoms with Gasteiger partial charge < -0.3 is 19.4 Å². The van der Waals surface area contributed by atoms with E-state index in [0.717, 1.165) is 10.5 Å². The fourth-order valence-electron chi connectivity index (χ4n) is 5.71. The lowest BCUT2D eigenvalue weighted by molar-refractivity contribution is -0.143. The van der Waals surface area contributed by atoms with E-state index in [2.05, 4.69) is 0 Å². The van der Waals surface area contributed by atoms with Gasteiger partial charge in [-0.3, -0.25) is 0 Å². The Labute approximate surface area is 234 Å². The second-order valence-electron chi connectivity index (χ2n) is 11.8. The first kappa shape index (κ1) is 30.5. The van der Waals surface area contributed by atoms with E-state index < -0.39 is 58.8 Å². The number of ether oxygens (including phenoxy) is 1. The number of carbonyl (C=O) groups is 2. The van der Waals surface area contributed by atoms with Gasteiger partial charge in [0.2, 0.25) is 0 Å². The van der Waals surface area contributed by atoms with Crippen LogP contribution in [0.25, 0.3) is 0 Å². The number of urea groups is 1. The molecule has 0 spiro atoms. The van der Waals surface area contributed by atoms with Crippen molar-refractivity contribution in [1.82, 2.24) is 14.7 Å². The zero-order chi connectivity index (χ0) is 30.7. The number of likely N-dealkylation sites (tertiary alicyclic amines) is 1. The summed E-state index contributed by atoms with van der Waals surface area (Å²) in [5.74, 6) is -0.0942. The van der Waals surface area contributed by atoms with E-state index in [9.17, 15) is 35.9 Å². The van der Waals surface area contributed by atoms with Crippen molar-refractivity contribution in [3.05, 3.63) is 70.8 Å². The molecule has 0 bridgehead atoms. The number of hydrogen-bond acceptors (Lipinski definition) is 3. The van der Waals surface area contributed by atoms with Crippen molar-refractivity contribution in [1.29, 1.82) is 0 Å². The Morgan fingerprint density at radius 3 is 1.98 bits per heavy atom. The van der Waals surface area contributed by atoms with Gasteiger partial charge in [-0.05, 0) is 63.4 Å². The number of rotatable bonds is 4. The summed E-state index contributed by atoms with van der Waals surface area (Å²) < 4.78 is 86.5. The van der Waals surface area contributed by atoms with E-state index in [1.54, 1.807) is 50.9 Å². The standard InChI is InChI=1S/C29H33F6N3O3/c1-17(19-12-20(28(30,31)32)14-21(13-19)29(33,34)35)36(5)24(39)38-16-22-15-27(22,23(38)18-10-8-7-9-11-18)37(6)25(40)41-26(2,3)4/h7-14,17,22-23H,15-16H2,1-6H3/t17-,22+,23+,27-/m1/s1. The van der Waals surface area contributed by atoms with E-state index >= 15 is 0 Å². The van der Waals surface area contributed by atoms with Crippen molar-refractivity contribution in [2.24, 2.45) is 5.92 Å². The minimum atomic E-state index is -5.01. The first-order chi connectivity index (χ1) is 18.8. The number of likely N-dealkylation sites (N-methyl/N-ethyl adjacent to an activating group) is 1. The van der Waals surface area contributed by atoms with E-state index in [-0.39, 0.29) is 24.1 Å². The quantitative estimate of drug-likeness (QED) is 0.349. The molecule has 1 aliphatic carbocycles. The Morgan fingerprint density at radius 1 is 0.951 bits per heavy atom. The predicted molar refractivity (Wildman–Crippen MR) is 139 cm³/mol. The van der Waals surface area contributed by atoms with Crippen molar-refractivity contribution in [2.75, 3.05) is 20.6 Å². The molecule has 12 heteroatoms. The van der Waals surface area contributed by atoms with Gasteiger partial charge in [-0.1, -0.05) is 30.3 Å². The van der Waals surface area contributed by atoms with Crippen LogP contribution in [-0.2, 0) is 17.1 Å². The molecule has 2 aliphatic rings. The Hall–Kier alpha value is -3.44. The molecule has 4 rings (SSSR count). The highest BCUT2D eigenvalue weighted by Crippen LogP contribution is 2.63. The number of fused-ring (bicyclic) bond motifs is 1. The average molecular weight is 586 g/mol. The number of alkyl halides is 6. The largest absolute Gasteiger partial charge is 0.444 e. The number of amides is 3. The molecule has 0 unspecified atom stereocenters. The third-order valence-corrected chi connectivity index (χ3v) is 7.95. The average Bonchev–Trinajstić information content (AvgIpc) is 3.49. The summed E-state index contributed by atoms with van der Waals surface area (Å²) in [6.07, 6.45) is -9.97. The summed E-state index contributed by atoms with van der Waals surface area (Å²) in [5.41, 5.74) is -3.98. The SMILES string of the molecule is C[C@H](c1cc(C(F)(F)F)cc(C(F)(F)F)c1)N(C)C(=O)N1C[C@@H]2C[C@]2(N(C)C(=O)OC(C)(C)C)[C@@H]1c1ccccc1. The smallest absolute Gasteiger partial charge is 0.416 e. The van der Waals surface area contributed by atoms with Crippen LogP contribution in [0.3, 0.4) is 0 Å². The Balaban J connectivity index is 1.68. The second-order valence-corrected chi connectivity index (χ2v) is 11.8. The van der Waals surface area contributed by atoms with Crippen molar-refractivity contribution >= 4 is 12.1 Å². The van der Waals surface area contributed by atoms with Gasteiger partial charge in [0.15, 0.2) is 0 Å². The zero-order valence-electron chi connectivity index (χ0n) is 23.6. The molecule has 41 heavy (non-hydrogen) atoms. The lowest BCUT2D eigenvalue weighted by Gasteiger charge is -2.40. The summed E-state index contributed by atoms with van der Waals surface area (Å²) in [6.45, 7) is 6.86. The number of benzene rings is 2. The molecule has 1 heterocycles. The van der Waals surface area contributed by atoms with Gasteiger partial charge in [0.05, 0.1) is 28.7 Å². The van der Waals surface area contributed by atoms with Gasteiger partial charge in [0, 0.05) is 26.6 Å². The molecule has 6 nitrogen and oxygen atoms in total. The highest BCUT2D eigenvalue weighted by atomic mass is 19.4. The molecule has 0 radical (unpaired) electrons. The molecular formula is C29H33F6N3O3. The van der Waals surface area contributed by atoms with Crippen LogP contribution in [0.15, 0.2) is 48.5 Å². The van der Waals surface area contributed by atoms with Crippen LogP contribution < -0.4 is 0 Å². The number of nitrogens with zero attached hydrogens (tertiary/aromatic N) is 3. The van der Waals surface area contributed by atoms with E-state index in [4.69, 9.17) is 4.74 Å². The molecule has 4 atom stereocenters. The van der Waals surface area contributed by atoms with Crippen LogP contribution in [0, 0.1) is 5.92 Å². The maximum absolute atomic E-state index is 13.9. The molecule has 1 aliphatic heterocycles. The maximum atomic E-state index is 13.9. The van der Waals surface area contributed by atoms with Crippen LogP contribution >= 0.6 is 0 Å². The highest BCUT2D eigenvalue weighted by Gasteiger charge is 2.71. The summed E-state index contributed by atoms with van der Waals surface area (Å²) in [7, 11) is 2.96. The van der Waals surface area contributed by atoms with Gasteiger partial charge >= 0.3 is 24.5 Å². The zero-order valence-corrected chi connectivity index (χ0v) is 23.6. The number of halogens is 6. The summed E-state index contributed by atoms with van der Waals surface area (Å²) >= 11 is 0. The third kappa shape index (κ3) is 5.83. The second kappa shape index (κ2) is 10.1. The fourth-order valence-corrected chi connectivity index (χ4v) is 5.71. The van der Waals surface area contributed by atoms with Crippen LogP contribution in [0.4, 0.5) is 35.9 Å². The fraction of sp³-hybridized carbons (Fsp3) is 0.517. The van der Waals surface area contributed by atoms with Gasteiger partial charge in [-0.25, -0.2) is 9.59 Å². The van der Waals surface area contributed by atoms with E-state index in [1.165, 1.54) is 18.9 Å². The summed E-state index contributed by atoms with van der Waals surface area (Å²) in [5, 5.41) is 0. The van der Waals surface area contributed by atoms with E-state index in [1.807, 2.05) is 12.1 Å². The minimum Gasteiger partial charge on any atom is -0.444 e. The van der Waals surface area contributed by atoms with Crippen LogP contribution in [-0.4, -0.2) is 58.6 Å². The maximum Gasteiger partial charge on any atom is 0.416 e. The first-order valence-electron chi connectivity index (χ1n) is 13.1. The molecule has 1 saturated heterocycles. The van der Waals surface area contributed by atoms with E-state index in [0.29, 0.717) is 18.6 Å². The normalized spacial score (nSPS) is 23.1. The molecule has 2 fully saturated rings. The highest BCUT2D eigenvalue weighted by molar-refractivity contribution is 5.78. The summed E-state index contributed by atoms with van der Waals surface area (Å²) in [6, 6.07) is 8.05.